The van der Waals surface area contributed by atoms with Crippen molar-refractivity contribution in [3.63, 3.8) is 0 Å². The van der Waals surface area contributed by atoms with Crippen LogP contribution in [0.5, 0.6) is 0 Å². The van der Waals surface area contributed by atoms with E-state index in [1.54, 1.807) is 0 Å². The van der Waals surface area contributed by atoms with Crippen molar-refractivity contribution < 1.29 is 14.6 Å². The number of hydrogen-bond acceptors (Lipinski definition) is 4. The Balaban J connectivity index is 1.94. The third kappa shape index (κ3) is 3.00. The monoisotopic (exact) mass is 249 g/mol. The zero-order valence-corrected chi connectivity index (χ0v) is 9.85. The summed E-state index contributed by atoms with van der Waals surface area (Å²) >= 11 is 0. The quantitative estimate of drug-likeness (QED) is 0.490. The van der Waals surface area contributed by atoms with Gasteiger partial charge >= 0.3 is 0 Å². The standard InChI is InChI=1S/C12H15N3O3/c13-15-14-11-10(6-16)8-18-12(11)17-7-9-4-2-1-3-5-9/h1-5,10-12,16H,6-8H2. The van der Waals surface area contributed by atoms with Crippen molar-refractivity contribution in [1.82, 2.24) is 0 Å². The van der Waals surface area contributed by atoms with Gasteiger partial charge in [0.05, 0.1) is 19.3 Å². The van der Waals surface area contributed by atoms with Crippen molar-refractivity contribution in [3.05, 3.63) is 46.3 Å². The summed E-state index contributed by atoms with van der Waals surface area (Å²) in [6, 6.07) is 9.21. The normalized spacial score (nSPS) is 26.8. The largest absolute Gasteiger partial charge is 0.396 e. The fourth-order valence-corrected chi connectivity index (χ4v) is 1.91. The van der Waals surface area contributed by atoms with E-state index in [0.29, 0.717) is 13.2 Å². The van der Waals surface area contributed by atoms with Crippen LogP contribution in [-0.4, -0.2) is 30.7 Å². The van der Waals surface area contributed by atoms with Crippen molar-refractivity contribution in [2.45, 2.75) is 18.9 Å². The second-order valence-electron chi connectivity index (χ2n) is 4.14. The molecule has 3 atom stereocenters. The Labute approximate surface area is 105 Å². The Hall–Kier alpha value is -1.59. The van der Waals surface area contributed by atoms with Gasteiger partial charge in [-0.05, 0) is 11.1 Å². The Morgan fingerprint density at radius 2 is 2.22 bits per heavy atom. The molecule has 1 saturated heterocycles. The molecule has 0 aliphatic carbocycles. The van der Waals surface area contributed by atoms with Crippen LogP contribution in [0.25, 0.3) is 10.4 Å². The van der Waals surface area contributed by atoms with Gasteiger partial charge in [0.15, 0.2) is 6.29 Å². The molecule has 1 aromatic carbocycles. The molecule has 6 heteroatoms. The summed E-state index contributed by atoms with van der Waals surface area (Å²) in [6.45, 7) is 0.662. The summed E-state index contributed by atoms with van der Waals surface area (Å²) in [5.74, 6) is -0.193. The highest BCUT2D eigenvalue weighted by atomic mass is 16.7. The van der Waals surface area contributed by atoms with E-state index in [1.165, 1.54) is 0 Å². The van der Waals surface area contributed by atoms with Gasteiger partial charge in [0, 0.05) is 17.4 Å². The molecule has 1 fully saturated rings. The van der Waals surface area contributed by atoms with Crippen LogP contribution >= 0.6 is 0 Å². The molecule has 18 heavy (non-hydrogen) atoms. The Morgan fingerprint density at radius 3 is 2.89 bits per heavy atom. The fourth-order valence-electron chi connectivity index (χ4n) is 1.91. The first kappa shape index (κ1) is 12.9. The van der Waals surface area contributed by atoms with Gasteiger partial charge in [-0.25, -0.2) is 0 Å². The molecule has 0 spiro atoms. The van der Waals surface area contributed by atoms with Crippen molar-refractivity contribution in [3.8, 4) is 0 Å². The number of aliphatic hydroxyl groups excluding tert-OH is 1. The van der Waals surface area contributed by atoms with Crippen LogP contribution in [0.1, 0.15) is 5.56 Å². The maximum atomic E-state index is 9.15. The number of rotatable bonds is 5. The van der Waals surface area contributed by atoms with Gasteiger partial charge in [-0.3, -0.25) is 0 Å². The van der Waals surface area contributed by atoms with E-state index in [-0.39, 0.29) is 12.5 Å². The minimum atomic E-state index is -0.585. The van der Waals surface area contributed by atoms with Crippen LogP contribution in [0, 0.1) is 5.92 Å². The van der Waals surface area contributed by atoms with Gasteiger partial charge < -0.3 is 14.6 Å². The fraction of sp³-hybridized carbons (Fsp3) is 0.500. The molecule has 2 rings (SSSR count). The zero-order chi connectivity index (χ0) is 12.8. The second kappa shape index (κ2) is 6.37. The Morgan fingerprint density at radius 1 is 1.44 bits per heavy atom. The topological polar surface area (TPSA) is 87.5 Å². The highest BCUT2D eigenvalue weighted by Crippen LogP contribution is 2.25. The predicted molar refractivity (Wildman–Crippen MR) is 64.5 cm³/mol. The molecule has 1 heterocycles. The van der Waals surface area contributed by atoms with E-state index >= 15 is 0 Å². The Kier molecular flexibility index (Phi) is 4.55. The lowest BCUT2D eigenvalue weighted by Crippen LogP contribution is -2.28. The number of hydrogen-bond donors (Lipinski definition) is 1. The van der Waals surface area contributed by atoms with Gasteiger partial charge in [-0.15, -0.1) is 0 Å². The smallest absolute Gasteiger partial charge is 0.166 e. The summed E-state index contributed by atoms with van der Waals surface area (Å²) < 4.78 is 11.0. The van der Waals surface area contributed by atoms with Crippen LogP contribution in [0.2, 0.25) is 0 Å². The third-order valence-electron chi connectivity index (χ3n) is 2.91. The second-order valence-corrected chi connectivity index (χ2v) is 4.14. The molecule has 96 valence electrons. The van der Waals surface area contributed by atoms with Gasteiger partial charge in [0.1, 0.15) is 0 Å². The van der Waals surface area contributed by atoms with Crippen molar-refractivity contribution in [1.29, 1.82) is 0 Å². The molecule has 0 aromatic heterocycles. The zero-order valence-electron chi connectivity index (χ0n) is 9.85. The van der Waals surface area contributed by atoms with Gasteiger partial charge in [0.2, 0.25) is 0 Å². The molecular formula is C12H15N3O3. The number of aliphatic hydroxyl groups is 1. The Bertz CT molecular complexity index is 420. The molecule has 0 bridgehead atoms. The summed E-state index contributed by atoms with van der Waals surface area (Å²) in [6.07, 6.45) is -0.585. The number of benzene rings is 1. The molecule has 0 saturated carbocycles. The summed E-state index contributed by atoms with van der Waals surface area (Å²) in [5, 5.41) is 12.8. The maximum absolute atomic E-state index is 9.15. The van der Waals surface area contributed by atoms with Crippen molar-refractivity contribution >= 4 is 0 Å². The van der Waals surface area contributed by atoms with Crippen LogP contribution < -0.4 is 0 Å². The summed E-state index contributed by atoms with van der Waals surface area (Å²) in [4.78, 5) is 2.78. The number of ether oxygens (including phenoxy) is 2. The highest BCUT2D eigenvalue weighted by molar-refractivity contribution is 5.13. The minimum absolute atomic E-state index is 0.0745. The molecule has 6 nitrogen and oxygen atoms in total. The van der Waals surface area contributed by atoms with Crippen molar-refractivity contribution in [2.75, 3.05) is 13.2 Å². The van der Waals surface area contributed by atoms with Crippen LogP contribution in [0.3, 0.4) is 0 Å². The average Bonchev–Trinajstić information content (AvgIpc) is 2.80. The predicted octanol–water partition coefficient (Wildman–Crippen LogP) is 1.85. The minimum Gasteiger partial charge on any atom is -0.396 e. The third-order valence-corrected chi connectivity index (χ3v) is 2.91. The molecule has 0 amide bonds. The first-order valence-corrected chi connectivity index (χ1v) is 5.77. The SMILES string of the molecule is [N-]=[N+]=NC1C(CO)COC1OCc1ccccc1. The number of azide groups is 1. The average molecular weight is 249 g/mol. The van der Waals surface area contributed by atoms with E-state index < -0.39 is 12.3 Å². The molecule has 1 aromatic rings. The lowest BCUT2D eigenvalue weighted by molar-refractivity contribution is -0.125. The van der Waals surface area contributed by atoms with Gasteiger partial charge in [-0.2, -0.15) is 0 Å². The van der Waals surface area contributed by atoms with E-state index in [9.17, 15) is 0 Å². The van der Waals surface area contributed by atoms with Gasteiger partial charge in [0.25, 0.3) is 0 Å². The van der Waals surface area contributed by atoms with Crippen LogP contribution in [0.4, 0.5) is 0 Å². The van der Waals surface area contributed by atoms with E-state index in [4.69, 9.17) is 20.1 Å². The van der Waals surface area contributed by atoms with Crippen LogP contribution in [-0.2, 0) is 16.1 Å². The summed E-state index contributed by atoms with van der Waals surface area (Å²) in [5.41, 5.74) is 9.53. The van der Waals surface area contributed by atoms with Crippen molar-refractivity contribution in [2.24, 2.45) is 11.0 Å². The lowest BCUT2D eigenvalue weighted by Gasteiger charge is -2.17. The molecule has 1 aliphatic heterocycles. The molecular weight excluding hydrogens is 234 g/mol. The molecule has 1 N–H and O–H groups in total. The summed E-state index contributed by atoms with van der Waals surface area (Å²) in [7, 11) is 0. The van der Waals surface area contributed by atoms with Crippen LogP contribution in [0.15, 0.2) is 35.4 Å². The number of nitrogens with zero attached hydrogens (tertiary/aromatic N) is 3. The first-order chi connectivity index (χ1) is 8.85. The van der Waals surface area contributed by atoms with E-state index in [0.717, 1.165) is 5.56 Å². The molecule has 0 radical (unpaired) electrons. The molecule has 1 aliphatic rings. The van der Waals surface area contributed by atoms with Gasteiger partial charge in [-0.1, -0.05) is 35.4 Å². The maximum Gasteiger partial charge on any atom is 0.166 e. The lowest BCUT2D eigenvalue weighted by atomic mass is 10.1. The highest BCUT2D eigenvalue weighted by Gasteiger charge is 2.37. The van der Waals surface area contributed by atoms with E-state index in [2.05, 4.69) is 10.0 Å². The van der Waals surface area contributed by atoms with E-state index in [1.807, 2.05) is 30.3 Å². The first-order valence-electron chi connectivity index (χ1n) is 5.77. The molecule has 3 unspecified atom stereocenters.